The van der Waals surface area contributed by atoms with Gasteiger partial charge in [0.05, 0.1) is 10.9 Å². The van der Waals surface area contributed by atoms with E-state index in [0.717, 1.165) is 43.6 Å². The highest BCUT2D eigenvalue weighted by Gasteiger charge is 2.59. The molecule has 0 aliphatic heterocycles. The van der Waals surface area contributed by atoms with E-state index in [0.29, 0.717) is 28.9 Å². The Morgan fingerprint density at radius 1 is 1.11 bits per heavy atom. The number of hydrogen-bond donors (Lipinski definition) is 1. The lowest BCUT2D eigenvalue weighted by molar-refractivity contribution is -0.141. The Hall–Kier alpha value is 0.0700. The molecule has 4 heteroatoms. The fourth-order valence-corrected chi connectivity index (χ4v) is 8.88. The quantitative estimate of drug-likeness (QED) is 0.635. The first kappa shape index (κ1) is 20.3. The Morgan fingerprint density at radius 2 is 1.89 bits per heavy atom. The van der Waals surface area contributed by atoms with Crippen molar-refractivity contribution in [1.29, 1.82) is 0 Å². The number of halogens is 1. The third-order valence-corrected chi connectivity index (χ3v) is 9.80. The smallest absolute Gasteiger partial charge is 0.147 e. The summed E-state index contributed by atoms with van der Waals surface area (Å²) in [5.74, 6) is 4.82. The first-order valence-electron chi connectivity index (χ1n) is 11.1. The molecule has 1 N–H and O–H groups in total. The Morgan fingerprint density at radius 3 is 2.59 bits per heavy atom. The monoisotopic (exact) mass is 440 g/mol. The standard InChI is InChI=1S/C23H37BrO3/c1-22(26)10-14-4-5-16-17(21(14)15(11-22)13-27-3)8-9-23(2)18(16)6-7-19(23)20(25)12-24/h14-19,21,26H,4-13H2,1-3H3/t14-,15-,16+,17-,18-,19+,21?,22-,23-/m0/s1. The lowest BCUT2D eigenvalue weighted by atomic mass is 9.47. The first-order chi connectivity index (χ1) is 12.8. The van der Waals surface area contributed by atoms with Crippen molar-refractivity contribution in [2.75, 3.05) is 19.0 Å². The van der Waals surface area contributed by atoms with Gasteiger partial charge in [-0.1, -0.05) is 22.9 Å². The van der Waals surface area contributed by atoms with Crippen molar-refractivity contribution >= 4 is 21.7 Å². The van der Waals surface area contributed by atoms with Gasteiger partial charge in [-0.25, -0.2) is 0 Å². The Bertz CT molecular complexity index is 576. The van der Waals surface area contributed by atoms with Crippen molar-refractivity contribution < 1.29 is 14.6 Å². The second kappa shape index (κ2) is 7.40. The van der Waals surface area contributed by atoms with Crippen molar-refractivity contribution in [1.82, 2.24) is 0 Å². The van der Waals surface area contributed by atoms with E-state index >= 15 is 0 Å². The Labute approximate surface area is 173 Å². The van der Waals surface area contributed by atoms with Crippen LogP contribution >= 0.6 is 15.9 Å². The molecule has 9 atom stereocenters. The zero-order valence-corrected chi connectivity index (χ0v) is 18.8. The fourth-order valence-electron chi connectivity index (χ4n) is 8.49. The normalized spacial score (nSPS) is 52.0. The maximum Gasteiger partial charge on any atom is 0.147 e. The molecule has 3 nitrogen and oxygen atoms in total. The van der Waals surface area contributed by atoms with Crippen LogP contribution in [0, 0.1) is 46.8 Å². The van der Waals surface area contributed by atoms with E-state index in [-0.39, 0.29) is 11.3 Å². The largest absolute Gasteiger partial charge is 0.390 e. The van der Waals surface area contributed by atoms with Gasteiger partial charge in [0, 0.05) is 19.6 Å². The van der Waals surface area contributed by atoms with Gasteiger partial charge in [0.15, 0.2) is 0 Å². The molecule has 0 saturated heterocycles. The van der Waals surface area contributed by atoms with E-state index in [1.54, 1.807) is 0 Å². The molecule has 0 heterocycles. The van der Waals surface area contributed by atoms with E-state index in [4.69, 9.17) is 4.74 Å². The topological polar surface area (TPSA) is 46.5 Å². The molecule has 0 radical (unpaired) electrons. The highest BCUT2D eigenvalue weighted by molar-refractivity contribution is 9.09. The maximum absolute atomic E-state index is 12.6. The van der Waals surface area contributed by atoms with Crippen LogP contribution in [0.3, 0.4) is 0 Å². The second-order valence-electron chi connectivity index (χ2n) is 10.7. The van der Waals surface area contributed by atoms with Gasteiger partial charge in [-0.15, -0.1) is 0 Å². The SMILES string of the molecule is COC[C@@H]1C[C@@](C)(O)C[C@@H]2CC[C@@H]3[C@H](CC[C@]4(C)[C@@H](C(=O)CBr)CC[C@@H]34)C12. The minimum atomic E-state index is -0.527. The number of ether oxygens (including phenoxy) is 1. The summed E-state index contributed by atoms with van der Waals surface area (Å²) in [4.78, 5) is 12.6. The second-order valence-corrected chi connectivity index (χ2v) is 11.3. The molecule has 27 heavy (non-hydrogen) atoms. The van der Waals surface area contributed by atoms with E-state index in [1.165, 1.54) is 32.1 Å². The van der Waals surface area contributed by atoms with Gasteiger partial charge in [-0.3, -0.25) is 4.79 Å². The molecule has 4 fully saturated rings. The molecular weight excluding hydrogens is 404 g/mol. The highest BCUT2D eigenvalue weighted by atomic mass is 79.9. The molecule has 4 aliphatic carbocycles. The molecule has 1 unspecified atom stereocenters. The average Bonchev–Trinajstić information content (AvgIpc) is 2.97. The molecule has 4 saturated carbocycles. The zero-order chi connectivity index (χ0) is 19.4. The average molecular weight is 441 g/mol. The van der Waals surface area contributed by atoms with Crippen molar-refractivity contribution in [2.24, 2.45) is 46.8 Å². The summed E-state index contributed by atoms with van der Waals surface area (Å²) >= 11 is 3.43. The van der Waals surface area contributed by atoms with Crippen LogP contribution in [-0.2, 0) is 9.53 Å². The Balaban J connectivity index is 1.59. The molecular formula is C23H37BrO3. The van der Waals surface area contributed by atoms with Gasteiger partial charge in [-0.05, 0) is 99.2 Å². The van der Waals surface area contributed by atoms with E-state index in [9.17, 15) is 9.90 Å². The van der Waals surface area contributed by atoms with Crippen LogP contribution in [0.2, 0.25) is 0 Å². The van der Waals surface area contributed by atoms with Crippen LogP contribution in [0.5, 0.6) is 0 Å². The lowest BCUT2D eigenvalue weighted by Crippen LogP contribution is -2.54. The summed E-state index contributed by atoms with van der Waals surface area (Å²) < 4.78 is 5.61. The molecule has 154 valence electrons. The van der Waals surface area contributed by atoms with E-state index in [2.05, 4.69) is 22.9 Å². The van der Waals surface area contributed by atoms with Gasteiger partial charge in [-0.2, -0.15) is 0 Å². The van der Waals surface area contributed by atoms with Crippen LogP contribution in [0.4, 0.5) is 0 Å². The van der Waals surface area contributed by atoms with Crippen LogP contribution < -0.4 is 0 Å². The van der Waals surface area contributed by atoms with Crippen LogP contribution in [0.25, 0.3) is 0 Å². The van der Waals surface area contributed by atoms with Crippen molar-refractivity contribution in [3.05, 3.63) is 0 Å². The van der Waals surface area contributed by atoms with Gasteiger partial charge in [0.2, 0.25) is 0 Å². The molecule has 4 aliphatic rings. The zero-order valence-electron chi connectivity index (χ0n) is 17.3. The number of Topliss-reactive ketones (excluding diaryl/α,β-unsaturated/α-hetero) is 1. The van der Waals surface area contributed by atoms with Gasteiger partial charge < -0.3 is 9.84 Å². The number of hydrogen-bond acceptors (Lipinski definition) is 3. The highest BCUT2D eigenvalue weighted by Crippen LogP contribution is 2.65. The molecule has 0 amide bonds. The van der Waals surface area contributed by atoms with Crippen molar-refractivity contribution in [3.63, 3.8) is 0 Å². The number of rotatable bonds is 4. The number of aliphatic hydroxyl groups is 1. The third-order valence-electron chi connectivity index (χ3n) is 9.25. The molecule has 0 aromatic carbocycles. The molecule has 0 aromatic rings. The predicted molar refractivity (Wildman–Crippen MR) is 111 cm³/mol. The number of alkyl halides is 1. The number of ketones is 1. The number of carbonyl (C=O) groups is 1. The third kappa shape index (κ3) is 3.36. The van der Waals surface area contributed by atoms with Crippen LogP contribution in [0.15, 0.2) is 0 Å². The minimum Gasteiger partial charge on any atom is -0.390 e. The summed E-state index contributed by atoms with van der Waals surface area (Å²) in [6.07, 6.45) is 9.23. The summed E-state index contributed by atoms with van der Waals surface area (Å²) in [5.41, 5.74) is -0.309. The van der Waals surface area contributed by atoms with Crippen LogP contribution in [0.1, 0.15) is 65.2 Å². The van der Waals surface area contributed by atoms with Crippen molar-refractivity contribution in [3.8, 4) is 0 Å². The molecule has 0 bridgehead atoms. The Kier molecular flexibility index (Phi) is 5.57. The van der Waals surface area contributed by atoms with E-state index in [1.807, 2.05) is 14.0 Å². The van der Waals surface area contributed by atoms with E-state index < -0.39 is 5.60 Å². The van der Waals surface area contributed by atoms with Gasteiger partial charge in [0.25, 0.3) is 0 Å². The molecule has 0 aromatic heterocycles. The summed E-state index contributed by atoms with van der Waals surface area (Å²) in [6.45, 7) is 5.24. The lowest BCUT2D eigenvalue weighted by Gasteiger charge is -2.58. The minimum absolute atomic E-state index is 0.218. The molecule has 0 spiro atoms. The predicted octanol–water partition coefficient (Wildman–Crippen LogP) is 4.84. The number of fused-ring (bicyclic) bond motifs is 5. The van der Waals surface area contributed by atoms with Gasteiger partial charge >= 0.3 is 0 Å². The summed E-state index contributed by atoms with van der Waals surface area (Å²) in [7, 11) is 1.81. The van der Waals surface area contributed by atoms with Crippen molar-refractivity contribution in [2.45, 2.75) is 70.8 Å². The summed E-state index contributed by atoms with van der Waals surface area (Å²) in [5, 5.41) is 11.3. The molecule has 4 rings (SSSR count). The van der Waals surface area contributed by atoms with Crippen LogP contribution in [-0.4, -0.2) is 35.5 Å². The first-order valence-corrected chi connectivity index (χ1v) is 12.2. The number of methoxy groups -OCH3 is 1. The fraction of sp³-hybridized carbons (Fsp3) is 0.957. The maximum atomic E-state index is 12.6. The summed E-state index contributed by atoms with van der Waals surface area (Å²) in [6, 6.07) is 0. The number of carbonyl (C=O) groups excluding carboxylic acids is 1. The van der Waals surface area contributed by atoms with Gasteiger partial charge in [0.1, 0.15) is 5.78 Å².